The third kappa shape index (κ3) is 4.74. The van der Waals surface area contributed by atoms with Gasteiger partial charge in [0.1, 0.15) is 17.9 Å². The van der Waals surface area contributed by atoms with Gasteiger partial charge >= 0.3 is 12.1 Å². The van der Waals surface area contributed by atoms with Crippen molar-refractivity contribution in [2.75, 3.05) is 7.11 Å². The highest BCUT2D eigenvalue weighted by molar-refractivity contribution is 5.91. The number of carboxylic acid groups (broad SMARTS) is 1. The first kappa shape index (κ1) is 16.4. The molecule has 0 aliphatic heterocycles. The summed E-state index contributed by atoms with van der Waals surface area (Å²) in [5.41, 5.74) is 1.68. The van der Waals surface area contributed by atoms with E-state index in [0.29, 0.717) is 5.56 Å². The number of methoxy groups -OCH3 is 1. The molecule has 2 N–H and O–H groups in total. The minimum absolute atomic E-state index is 0.0721. The molecular weight excluding hydrogens is 298 g/mol. The van der Waals surface area contributed by atoms with Crippen LogP contribution in [0.25, 0.3) is 0 Å². The van der Waals surface area contributed by atoms with E-state index in [9.17, 15) is 9.59 Å². The van der Waals surface area contributed by atoms with Gasteiger partial charge in [0.15, 0.2) is 0 Å². The maximum Gasteiger partial charge on any atom is 0.407 e. The van der Waals surface area contributed by atoms with E-state index in [2.05, 4.69) is 5.32 Å². The number of aromatic carboxylic acids is 1. The Morgan fingerprint density at radius 3 is 2.48 bits per heavy atom. The molecule has 0 radical (unpaired) electrons. The summed E-state index contributed by atoms with van der Waals surface area (Å²) in [5, 5.41) is 11.6. The SMILES string of the molecule is COc1cc(CNC(=O)OCc2ccccc2)ccc1C(=O)O. The third-order valence-electron chi connectivity index (χ3n) is 3.15. The molecule has 0 unspecified atom stereocenters. The van der Waals surface area contributed by atoms with E-state index in [0.717, 1.165) is 5.56 Å². The van der Waals surface area contributed by atoms with Crippen molar-refractivity contribution in [3.05, 3.63) is 65.2 Å². The average Bonchev–Trinajstić information content (AvgIpc) is 2.58. The molecule has 0 fully saturated rings. The van der Waals surface area contributed by atoms with Gasteiger partial charge in [-0.1, -0.05) is 36.4 Å². The van der Waals surface area contributed by atoms with E-state index in [4.69, 9.17) is 14.6 Å². The lowest BCUT2D eigenvalue weighted by Crippen LogP contribution is -2.23. The standard InChI is InChI=1S/C17H17NO5/c1-22-15-9-13(7-8-14(15)16(19)20)10-18-17(21)23-11-12-5-3-2-4-6-12/h2-9H,10-11H2,1H3,(H,18,21)(H,19,20). The van der Waals surface area contributed by atoms with Crippen LogP contribution in [0.2, 0.25) is 0 Å². The molecule has 0 saturated heterocycles. The second-order valence-corrected chi connectivity index (χ2v) is 4.76. The fraction of sp³-hybridized carbons (Fsp3) is 0.176. The van der Waals surface area contributed by atoms with E-state index in [-0.39, 0.29) is 24.5 Å². The first-order valence-electron chi connectivity index (χ1n) is 6.95. The van der Waals surface area contributed by atoms with Crippen molar-refractivity contribution in [2.24, 2.45) is 0 Å². The van der Waals surface area contributed by atoms with Gasteiger partial charge < -0.3 is 19.9 Å². The van der Waals surface area contributed by atoms with Crippen molar-refractivity contribution in [3.8, 4) is 5.75 Å². The van der Waals surface area contributed by atoms with Gasteiger partial charge in [0.2, 0.25) is 0 Å². The largest absolute Gasteiger partial charge is 0.496 e. The summed E-state index contributed by atoms with van der Waals surface area (Å²) in [6, 6.07) is 14.0. The molecule has 0 atom stereocenters. The Bertz CT molecular complexity index is 685. The van der Waals surface area contributed by atoms with Crippen LogP contribution in [0.3, 0.4) is 0 Å². The summed E-state index contributed by atoms with van der Waals surface area (Å²) < 4.78 is 10.1. The molecule has 2 rings (SSSR count). The maximum atomic E-state index is 11.7. The monoisotopic (exact) mass is 315 g/mol. The van der Waals surface area contributed by atoms with Crippen LogP contribution in [0, 0.1) is 0 Å². The molecule has 0 aliphatic carbocycles. The topological polar surface area (TPSA) is 84.9 Å². The molecular formula is C17H17NO5. The molecule has 0 heterocycles. The number of benzene rings is 2. The zero-order chi connectivity index (χ0) is 16.7. The molecule has 6 nitrogen and oxygen atoms in total. The van der Waals surface area contributed by atoms with E-state index in [1.54, 1.807) is 12.1 Å². The van der Waals surface area contributed by atoms with Crippen molar-refractivity contribution in [2.45, 2.75) is 13.2 Å². The van der Waals surface area contributed by atoms with Gasteiger partial charge in [-0.3, -0.25) is 0 Å². The van der Waals surface area contributed by atoms with Crippen molar-refractivity contribution >= 4 is 12.1 Å². The predicted molar refractivity (Wildman–Crippen MR) is 83.4 cm³/mol. The molecule has 0 aliphatic rings. The first-order valence-corrected chi connectivity index (χ1v) is 6.95. The van der Waals surface area contributed by atoms with Gasteiger partial charge in [0, 0.05) is 6.54 Å². The quantitative estimate of drug-likeness (QED) is 0.856. The summed E-state index contributed by atoms with van der Waals surface area (Å²) in [6.07, 6.45) is -0.546. The number of ether oxygens (including phenoxy) is 2. The highest BCUT2D eigenvalue weighted by atomic mass is 16.5. The molecule has 2 aromatic rings. The molecule has 2 aromatic carbocycles. The summed E-state index contributed by atoms with van der Waals surface area (Å²) in [5.74, 6) is -0.821. The minimum Gasteiger partial charge on any atom is -0.496 e. The summed E-state index contributed by atoms with van der Waals surface area (Å²) in [7, 11) is 1.40. The van der Waals surface area contributed by atoms with Crippen LogP contribution in [0.15, 0.2) is 48.5 Å². The normalized spacial score (nSPS) is 9.96. The molecule has 0 aromatic heterocycles. The fourth-order valence-electron chi connectivity index (χ4n) is 1.97. The summed E-state index contributed by atoms with van der Waals surface area (Å²) in [4.78, 5) is 22.7. The van der Waals surface area contributed by atoms with Gasteiger partial charge in [-0.25, -0.2) is 9.59 Å². The van der Waals surface area contributed by atoms with Crippen LogP contribution in [0.4, 0.5) is 4.79 Å². The number of carboxylic acids is 1. The van der Waals surface area contributed by atoms with Crippen molar-refractivity contribution in [3.63, 3.8) is 0 Å². The molecule has 0 spiro atoms. The van der Waals surface area contributed by atoms with Crippen LogP contribution in [0.5, 0.6) is 5.75 Å². The number of hydrogen-bond acceptors (Lipinski definition) is 4. The van der Waals surface area contributed by atoms with Crippen molar-refractivity contribution in [1.29, 1.82) is 0 Å². The van der Waals surface area contributed by atoms with Crippen molar-refractivity contribution in [1.82, 2.24) is 5.32 Å². The highest BCUT2D eigenvalue weighted by Gasteiger charge is 2.11. The van der Waals surface area contributed by atoms with Gasteiger partial charge in [0.25, 0.3) is 0 Å². The van der Waals surface area contributed by atoms with Gasteiger partial charge in [-0.2, -0.15) is 0 Å². The Morgan fingerprint density at radius 1 is 1.09 bits per heavy atom. The van der Waals surface area contributed by atoms with Crippen LogP contribution in [0.1, 0.15) is 21.5 Å². The van der Waals surface area contributed by atoms with Crippen LogP contribution < -0.4 is 10.1 Å². The van der Waals surface area contributed by atoms with Crippen LogP contribution in [-0.4, -0.2) is 24.3 Å². The zero-order valence-electron chi connectivity index (χ0n) is 12.6. The second kappa shape index (κ2) is 7.84. The Morgan fingerprint density at radius 2 is 1.83 bits per heavy atom. The zero-order valence-corrected chi connectivity index (χ0v) is 12.6. The highest BCUT2D eigenvalue weighted by Crippen LogP contribution is 2.20. The molecule has 0 saturated carbocycles. The van der Waals surface area contributed by atoms with E-state index in [1.807, 2.05) is 30.3 Å². The summed E-state index contributed by atoms with van der Waals surface area (Å²) in [6.45, 7) is 0.401. The number of alkyl carbamates (subject to hydrolysis) is 1. The lowest BCUT2D eigenvalue weighted by atomic mass is 10.1. The number of carbonyl (C=O) groups excluding carboxylic acids is 1. The average molecular weight is 315 g/mol. The Kier molecular flexibility index (Phi) is 5.57. The fourth-order valence-corrected chi connectivity index (χ4v) is 1.97. The van der Waals surface area contributed by atoms with Crippen LogP contribution >= 0.6 is 0 Å². The number of carbonyl (C=O) groups is 2. The number of amides is 1. The van der Waals surface area contributed by atoms with E-state index >= 15 is 0 Å². The van der Waals surface area contributed by atoms with Crippen molar-refractivity contribution < 1.29 is 24.2 Å². The van der Waals surface area contributed by atoms with E-state index < -0.39 is 12.1 Å². The van der Waals surface area contributed by atoms with Gasteiger partial charge in [-0.05, 0) is 23.3 Å². The lowest BCUT2D eigenvalue weighted by Gasteiger charge is -2.10. The van der Waals surface area contributed by atoms with Crippen LogP contribution in [-0.2, 0) is 17.9 Å². The molecule has 23 heavy (non-hydrogen) atoms. The molecule has 1 amide bonds. The third-order valence-corrected chi connectivity index (χ3v) is 3.15. The molecule has 6 heteroatoms. The Labute approximate surface area is 133 Å². The first-order chi connectivity index (χ1) is 11.1. The smallest absolute Gasteiger partial charge is 0.407 e. The predicted octanol–water partition coefficient (Wildman–Crippen LogP) is 2.82. The number of rotatable bonds is 6. The maximum absolute atomic E-state index is 11.7. The Balaban J connectivity index is 1.88. The van der Waals surface area contributed by atoms with E-state index in [1.165, 1.54) is 13.2 Å². The van der Waals surface area contributed by atoms with Gasteiger partial charge in [0.05, 0.1) is 7.11 Å². The second-order valence-electron chi connectivity index (χ2n) is 4.76. The molecule has 120 valence electrons. The lowest BCUT2D eigenvalue weighted by molar-refractivity contribution is 0.0693. The van der Waals surface area contributed by atoms with Gasteiger partial charge in [-0.15, -0.1) is 0 Å². The number of nitrogens with one attached hydrogen (secondary N) is 1. The summed E-state index contributed by atoms with van der Waals surface area (Å²) >= 11 is 0. The minimum atomic E-state index is -1.07. The Hall–Kier alpha value is -3.02. The molecule has 0 bridgehead atoms. The number of hydrogen-bond donors (Lipinski definition) is 2.